The summed E-state index contributed by atoms with van der Waals surface area (Å²) in [5.74, 6) is 1.43. The molecule has 0 saturated heterocycles. The largest absolute Gasteiger partial charge is 1.00 e. The molecule has 0 aromatic heterocycles. The molecule has 0 atom stereocenters. The molecule has 0 amide bonds. The van der Waals surface area contributed by atoms with Crippen molar-refractivity contribution in [3.05, 3.63) is 66.1 Å². The van der Waals surface area contributed by atoms with Crippen molar-refractivity contribution in [2.45, 2.75) is 41.5 Å². The summed E-state index contributed by atoms with van der Waals surface area (Å²) in [6.45, 7) is 14.1. The van der Waals surface area contributed by atoms with Crippen molar-refractivity contribution in [2.75, 3.05) is 0 Å². The van der Waals surface area contributed by atoms with Crippen LogP contribution >= 0.6 is 0 Å². The number of allylic oxidation sites excluding steroid dienone is 4. The van der Waals surface area contributed by atoms with E-state index in [1.807, 2.05) is 0 Å². The zero-order valence-electron chi connectivity index (χ0n) is 14.7. The predicted molar refractivity (Wildman–Crippen MR) is 88.4 cm³/mol. The molecule has 0 N–H and O–H groups in total. The molecule has 1 aromatic carbocycles. The molecule has 21 heavy (non-hydrogen) atoms. The zero-order valence-corrected chi connectivity index (χ0v) is 14.7. The summed E-state index contributed by atoms with van der Waals surface area (Å²) in [5.41, 5.74) is 1.66. The van der Waals surface area contributed by atoms with E-state index in [4.69, 9.17) is 0 Å². The van der Waals surface area contributed by atoms with Crippen molar-refractivity contribution in [1.82, 2.24) is 0 Å². The van der Waals surface area contributed by atoms with E-state index in [0.29, 0.717) is 0 Å². The first-order valence-electron chi connectivity index (χ1n) is 7.49. The van der Waals surface area contributed by atoms with Gasteiger partial charge in [-0.25, -0.2) is 0 Å². The Morgan fingerprint density at radius 1 is 0.810 bits per heavy atom. The Labute approximate surface area is 142 Å². The van der Waals surface area contributed by atoms with Gasteiger partial charge in [0.2, 0.25) is 0 Å². The first kappa shape index (κ1) is 18.2. The fraction of sp³-hybridized carbons (Fsp3) is 0.450. The quantitative estimate of drug-likeness (QED) is 0.546. The summed E-state index contributed by atoms with van der Waals surface area (Å²) in [5, 5.41) is 0. The van der Waals surface area contributed by atoms with Crippen LogP contribution in [0.1, 0.15) is 47.1 Å². The van der Waals surface area contributed by atoms with Gasteiger partial charge in [-0.05, 0) is 16.2 Å². The van der Waals surface area contributed by atoms with E-state index in [1.54, 1.807) is 0 Å². The first-order chi connectivity index (χ1) is 9.20. The van der Waals surface area contributed by atoms with E-state index in [9.17, 15) is 0 Å². The van der Waals surface area contributed by atoms with Crippen LogP contribution in [0.25, 0.3) is 0 Å². The number of benzene rings is 1. The summed E-state index contributed by atoms with van der Waals surface area (Å²) < 4.78 is 0. The standard InChI is InChI=1S/C20H27.Li/c1-18(2,3)20(19(4,5)6)15-11-10-14-17(20)16-12-8-7-9-13-16;/h7-15H,1-6H3;/q-1;+1. The van der Waals surface area contributed by atoms with Crippen molar-refractivity contribution in [3.63, 3.8) is 0 Å². The van der Waals surface area contributed by atoms with E-state index < -0.39 is 0 Å². The van der Waals surface area contributed by atoms with E-state index in [0.717, 1.165) is 0 Å². The fourth-order valence-corrected chi connectivity index (χ4v) is 3.95. The zero-order chi connectivity index (χ0) is 15.0. The van der Waals surface area contributed by atoms with Crippen molar-refractivity contribution >= 4 is 0 Å². The Kier molecular flexibility index (Phi) is 5.30. The van der Waals surface area contributed by atoms with Gasteiger partial charge in [0.25, 0.3) is 0 Å². The molecular formula is C20H27Li. The summed E-state index contributed by atoms with van der Waals surface area (Å²) in [6.07, 6.45) is 9.09. The van der Waals surface area contributed by atoms with Crippen molar-refractivity contribution in [3.8, 4) is 0 Å². The third-order valence-electron chi connectivity index (χ3n) is 4.60. The molecule has 1 aliphatic rings. The van der Waals surface area contributed by atoms with Crippen LogP contribution in [-0.2, 0) is 0 Å². The van der Waals surface area contributed by atoms with Crippen LogP contribution < -0.4 is 18.9 Å². The van der Waals surface area contributed by atoms with Crippen LogP contribution in [0.2, 0.25) is 0 Å². The van der Waals surface area contributed by atoms with E-state index in [2.05, 4.69) is 96.2 Å². The predicted octanol–water partition coefficient (Wildman–Crippen LogP) is 2.82. The molecule has 0 unspecified atom stereocenters. The van der Waals surface area contributed by atoms with Gasteiger partial charge in [0.1, 0.15) is 0 Å². The van der Waals surface area contributed by atoms with Crippen LogP contribution in [0.5, 0.6) is 0 Å². The van der Waals surface area contributed by atoms with Crippen LogP contribution in [0.15, 0.2) is 54.6 Å². The first-order valence-corrected chi connectivity index (χ1v) is 7.49. The van der Waals surface area contributed by atoms with E-state index in [1.165, 1.54) is 11.5 Å². The Morgan fingerprint density at radius 2 is 1.33 bits per heavy atom. The molecule has 0 heterocycles. The van der Waals surface area contributed by atoms with Gasteiger partial charge in [-0.15, -0.1) is 54.0 Å². The van der Waals surface area contributed by atoms with Gasteiger partial charge in [0.15, 0.2) is 0 Å². The molecule has 0 radical (unpaired) electrons. The number of hydrogen-bond acceptors (Lipinski definition) is 0. The third kappa shape index (κ3) is 3.03. The van der Waals surface area contributed by atoms with Gasteiger partial charge < -0.3 is 0 Å². The fourth-order valence-electron chi connectivity index (χ4n) is 3.95. The molecule has 1 aromatic rings. The maximum absolute atomic E-state index is 2.41. The Bertz CT molecular complexity index is 495. The molecule has 2 rings (SSSR count). The molecule has 0 bridgehead atoms. The third-order valence-corrected chi connectivity index (χ3v) is 4.60. The van der Waals surface area contributed by atoms with Gasteiger partial charge in [-0.2, -0.15) is 0 Å². The minimum Gasteiger partial charge on any atom is -0.144 e. The normalized spacial score (nSPS) is 17.5. The van der Waals surface area contributed by atoms with Crippen LogP contribution in [-0.4, -0.2) is 0 Å². The second-order valence-corrected chi connectivity index (χ2v) is 7.81. The van der Waals surface area contributed by atoms with Gasteiger partial charge in [-0.1, -0.05) is 53.7 Å². The van der Waals surface area contributed by atoms with Crippen molar-refractivity contribution < 1.29 is 18.9 Å². The molecule has 0 spiro atoms. The van der Waals surface area contributed by atoms with Crippen LogP contribution in [0, 0.1) is 22.2 Å². The number of rotatable bonds is 1. The second-order valence-electron chi connectivity index (χ2n) is 7.81. The summed E-state index contributed by atoms with van der Waals surface area (Å²) in [4.78, 5) is 0. The molecule has 1 aliphatic carbocycles. The molecule has 108 valence electrons. The van der Waals surface area contributed by atoms with E-state index in [-0.39, 0.29) is 35.1 Å². The summed E-state index contributed by atoms with van der Waals surface area (Å²) in [7, 11) is 0. The van der Waals surface area contributed by atoms with Gasteiger partial charge in [0, 0.05) is 0 Å². The maximum atomic E-state index is 2.41. The summed E-state index contributed by atoms with van der Waals surface area (Å²) in [6, 6.07) is 10.8. The average Bonchev–Trinajstić information content (AvgIpc) is 2.37. The number of hydrogen-bond donors (Lipinski definition) is 0. The van der Waals surface area contributed by atoms with Gasteiger partial charge in [-0.3, -0.25) is 0 Å². The SMILES string of the molecule is CC(C)(C)C1(C(C)(C)C)C=CC=C[C-]1c1ccccc1.[Li+]. The van der Waals surface area contributed by atoms with Gasteiger partial charge in [0.05, 0.1) is 0 Å². The Balaban J connectivity index is 0.00000220. The summed E-state index contributed by atoms with van der Waals surface area (Å²) >= 11 is 0. The molecule has 0 aliphatic heterocycles. The second kappa shape index (κ2) is 6.11. The van der Waals surface area contributed by atoms with Crippen LogP contribution in [0.3, 0.4) is 0 Å². The van der Waals surface area contributed by atoms with Crippen LogP contribution in [0.4, 0.5) is 0 Å². The molecule has 0 saturated carbocycles. The minimum absolute atomic E-state index is 0. The van der Waals surface area contributed by atoms with E-state index >= 15 is 0 Å². The average molecular weight is 274 g/mol. The Hall–Kier alpha value is -0.833. The molecule has 0 fully saturated rings. The monoisotopic (exact) mass is 274 g/mol. The smallest absolute Gasteiger partial charge is 0.144 e. The van der Waals surface area contributed by atoms with Crippen molar-refractivity contribution in [1.29, 1.82) is 0 Å². The van der Waals surface area contributed by atoms with Gasteiger partial charge >= 0.3 is 18.9 Å². The Morgan fingerprint density at radius 3 is 1.81 bits per heavy atom. The molecule has 1 heteroatoms. The minimum atomic E-state index is 0. The topological polar surface area (TPSA) is 0 Å². The van der Waals surface area contributed by atoms with Crippen molar-refractivity contribution in [2.24, 2.45) is 16.2 Å². The molecule has 0 nitrogen and oxygen atoms in total. The molecular weight excluding hydrogens is 247 g/mol. The maximum Gasteiger partial charge on any atom is 1.00 e.